The lowest BCUT2D eigenvalue weighted by atomic mass is 10.3. The number of rotatable bonds is 5. The fourth-order valence-electron chi connectivity index (χ4n) is 1.28. The molecule has 0 saturated heterocycles. The molecule has 0 aliphatic carbocycles. The summed E-state index contributed by atoms with van der Waals surface area (Å²) < 4.78 is 64.4. The number of nitrogens with two attached hydrogens (primary N) is 1. The molecule has 0 spiro atoms. The fourth-order valence-corrected chi connectivity index (χ4v) is 2.44. The summed E-state index contributed by atoms with van der Waals surface area (Å²) in [6.07, 6.45) is 0.309. The zero-order chi connectivity index (χ0) is 13.9. The van der Waals surface area contributed by atoms with Gasteiger partial charge >= 0.3 is 0 Å². The maximum absolute atomic E-state index is 13.3. The average molecular weight is 319 g/mol. The highest BCUT2D eigenvalue weighted by atomic mass is 35.5. The van der Waals surface area contributed by atoms with Crippen molar-refractivity contribution in [3.05, 3.63) is 29.6 Å². The van der Waals surface area contributed by atoms with Crippen LogP contribution in [0.1, 0.15) is 13.3 Å². The second-order valence-corrected chi connectivity index (χ2v) is 5.57. The Labute approximate surface area is 115 Å². The molecule has 1 atom stereocenters. The summed E-state index contributed by atoms with van der Waals surface area (Å²) in [4.78, 5) is -1.19. The molecule has 4 nitrogen and oxygen atoms in total. The third kappa shape index (κ3) is 4.98. The summed E-state index contributed by atoms with van der Waals surface area (Å²) in [5.74, 6) is -4.12. The Bertz CT molecular complexity index is 515. The molecule has 19 heavy (non-hydrogen) atoms. The van der Waals surface area contributed by atoms with Crippen LogP contribution in [0.3, 0.4) is 0 Å². The van der Waals surface area contributed by atoms with Gasteiger partial charge in [0.15, 0.2) is 4.90 Å². The van der Waals surface area contributed by atoms with Crippen LogP contribution in [0.15, 0.2) is 17.0 Å². The fraction of sp³-hybridized carbons (Fsp3) is 0.400. The van der Waals surface area contributed by atoms with Gasteiger partial charge in [0.05, 0.1) is 0 Å². The molecule has 1 unspecified atom stereocenters. The molecule has 9 heteroatoms. The standard InChI is InChI=1S/C10H13F3N2O2S.ClH/c1-6(14)2-3-15-18(16,17)10-8(12)4-7(11)5-9(10)13;/h4-6,15H,2-3,14H2,1H3;1H. The third-order valence-electron chi connectivity index (χ3n) is 2.12. The van der Waals surface area contributed by atoms with E-state index in [1.54, 1.807) is 6.92 Å². The molecule has 110 valence electrons. The quantitative estimate of drug-likeness (QED) is 0.865. The van der Waals surface area contributed by atoms with Crippen LogP contribution in [-0.2, 0) is 10.0 Å². The lowest BCUT2D eigenvalue weighted by Gasteiger charge is -2.09. The van der Waals surface area contributed by atoms with Gasteiger partial charge in [-0.05, 0) is 13.3 Å². The summed E-state index contributed by atoms with van der Waals surface area (Å²) in [5.41, 5.74) is 5.41. The van der Waals surface area contributed by atoms with E-state index in [1.807, 2.05) is 4.72 Å². The van der Waals surface area contributed by atoms with Gasteiger partial charge in [-0.1, -0.05) is 0 Å². The van der Waals surface area contributed by atoms with Gasteiger partial charge in [0.25, 0.3) is 0 Å². The molecule has 0 aromatic heterocycles. The molecule has 0 heterocycles. The van der Waals surface area contributed by atoms with Crippen LogP contribution in [0, 0.1) is 17.5 Å². The van der Waals surface area contributed by atoms with Crippen LogP contribution >= 0.6 is 12.4 Å². The number of nitrogens with one attached hydrogen (secondary N) is 1. The Balaban J connectivity index is 0.00000324. The number of hydrogen-bond donors (Lipinski definition) is 2. The zero-order valence-electron chi connectivity index (χ0n) is 9.99. The van der Waals surface area contributed by atoms with Crippen molar-refractivity contribution < 1.29 is 21.6 Å². The third-order valence-corrected chi connectivity index (χ3v) is 3.64. The Kier molecular flexibility index (Phi) is 6.78. The van der Waals surface area contributed by atoms with Crippen LogP contribution in [0.25, 0.3) is 0 Å². The van der Waals surface area contributed by atoms with Crippen molar-refractivity contribution in [1.82, 2.24) is 4.72 Å². The molecule has 0 bridgehead atoms. The lowest BCUT2D eigenvalue weighted by molar-refractivity contribution is 0.493. The van der Waals surface area contributed by atoms with Gasteiger partial charge in [0, 0.05) is 24.7 Å². The van der Waals surface area contributed by atoms with Crippen molar-refractivity contribution in [3.8, 4) is 0 Å². The molecule has 0 fully saturated rings. The number of benzene rings is 1. The van der Waals surface area contributed by atoms with E-state index in [0.717, 1.165) is 0 Å². The van der Waals surface area contributed by atoms with Gasteiger partial charge in [0.2, 0.25) is 10.0 Å². The maximum atomic E-state index is 13.3. The van der Waals surface area contributed by atoms with Gasteiger partial charge < -0.3 is 5.73 Å². The van der Waals surface area contributed by atoms with Crippen LogP contribution in [-0.4, -0.2) is 21.0 Å². The normalized spacial score (nSPS) is 12.9. The minimum atomic E-state index is -4.36. The first-order valence-corrected chi connectivity index (χ1v) is 6.62. The van der Waals surface area contributed by atoms with E-state index in [9.17, 15) is 21.6 Å². The first-order valence-electron chi connectivity index (χ1n) is 5.14. The highest BCUT2D eigenvalue weighted by Crippen LogP contribution is 2.19. The van der Waals surface area contributed by atoms with Crippen LogP contribution in [0.4, 0.5) is 13.2 Å². The smallest absolute Gasteiger partial charge is 0.246 e. The largest absolute Gasteiger partial charge is 0.328 e. The molecular formula is C10H14ClF3N2O2S. The molecule has 0 amide bonds. The second-order valence-electron chi connectivity index (χ2n) is 3.86. The minimum absolute atomic E-state index is 0. The van der Waals surface area contributed by atoms with E-state index in [0.29, 0.717) is 18.6 Å². The molecule has 3 N–H and O–H groups in total. The summed E-state index contributed by atoms with van der Waals surface area (Å²) in [7, 11) is -4.36. The molecule has 0 aliphatic rings. The summed E-state index contributed by atoms with van der Waals surface area (Å²) in [6, 6.07) is 0.363. The Morgan fingerprint density at radius 2 is 1.74 bits per heavy atom. The first-order chi connectivity index (χ1) is 8.24. The Hall–Kier alpha value is -0.830. The number of sulfonamides is 1. The Morgan fingerprint density at radius 1 is 1.26 bits per heavy atom. The van der Waals surface area contributed by atoms with Crippen molar-refractivity contribution in [1.29, 1.82) is 0 Å². The van der Waals surface area contributed by atoms with Crippen LogP contribution in [0.2, 0.25) is 0 Å². The number of hydrogen-bond acceptors (Lipinski definition) is 3. The van der Waals surface area contributed by atoms with E-state index in [4.69, 9.17) is 5.73 Å². The minimum Gasteiger partial charge on any atom is -0.328 e. The lowest BCUT2D eigenvalue weighted by Crippen LogP contribution is -2.30. The van der Waals surface area contributed by atoms with Crippen LogP contribution in [0.5, 0.6) is 0 Å². The second kappa shape index (κ2) is 7.09. The SMILES string of the molecule is CC(N)CCNS(=O)(=O)c1c(F)cc(F)cc1F.Cl. The average Bonchev–Trinajstić information content (AvgIpc) is 2.13. The predicted octanol–water partition coefficient (Wildman–Crippen LogP) is 1.54. The predicted molar refractivity (Wildman–Crippen MR) is 67.0 cm³/mol. The van der Waals surface area contributed by atoms with Gasteiger partial charge in [-0.2, -0.15) is 0 Å². The van der Waals surface area contributed by atoms with Crippen molar-refractivity contribution in [3.63, 3.8) is 0 Å². The van der Waals surface area contributed by atoms with Gasteiger partial charge in [-0.3, -0.25) is 0 Å². The molecule has 0 radical (unpaired) electrons. The van der Waals surface area contributed by atoms with Gasteiger partial charge in [-0.15, -0.1) is 12.4 Å². The van der Waals surface area contributed by atoms with E-state index in [-0.39, 0.29) is 25.0 Å². The monoisotopic (exact) mass is 318 g/mol. The van der Waals surface area contributed by atoms with E-state index < -0.39 is 32.4 Å². The van der Waals surface area contributed by atoms with Crippen molar-refractivity contribution in [2.75, 3.05) is 6.54 Å². The van der Waals surface area contributed by atoms with Crippen molar-refractivity contribution >= 4 is 22.4 Å². The molecular weight excluding hydrogens is 305 g/mol. The molecule has 0 saturated carbocycles. The maximum Gasteiger partial charge on any atom is 0.246 e. The highest BCUT2D eigenvalue weighted by Gasteiger charge is 2.24. The van der Waals surface area contributed by atoms with Crippen molar-refractivity contribution in [2.45, 2.75) is 24.3 Å². The summed E-state index contributed by atoms with van der Waals surface area (Å²) in [6.45, 7) is 1.60. The molecule has 1 rings (SSSR count). The Morgan fingerprint density at radius 3 is 2.16 bits per heavy atom. The molecule has 1 aromatic rings. The topological polar surface area (TPSA) is 72.2 Å². The van der Waals surface area contributed by atoms with E-state index >= 15 is 0 Å². The molecule has 0 aliphatic heterocycles. The first kappa shape index (κ1) is 18.2. The van der Waals surface area contributed by atoms with E-state index in [1.165, 1.54) is 0 Å². The zero-order valence-corrected chi connectivity index (χ0v) is 11.6. The van der Waals surface area contributed by atoms with Gasteiger partial charge in [0.1, 0.15) is 17.5 Å². The number of halogens is 4. The highest BCUT2D eigenvalue weighted by molar-refractivity contribution is 7.89. The summed E-state index contributed by atoms with van der Waals surface area (Å²) >= 11 is 0. The van der Waals surface area contributed by atoms with Crippen molar-refractivity contribution in [2.24, 2.45) is 5.73 Å². The van der Waals surface area contributed by atoms with E-state index in [2.05, 4.69) is 0 Å². The molecule has 1 aromatic carbocycles. The summed E-state index contributed by atoms with van der Waals surface area (Å²) in [5, 5.41) is 0. The van der Waals surface area contributed by atoms with Gasteiger partial charge in [-0.25, -0.2) is 26.3 Å². The van der Waals surface area contributed by atoms with Crippen LogP contribution < -0.4 is 10.5 Å².